The fourth-order valence-corrected chi connectivity index (χ4v) is 2.84. The van der Waals surface area contributed by atoms with E-state index in [0.717, 1.165) is 39.4 Å². The summed E-state index contributed by atoms with van der Waals surface area (Å²) in [6.45, 7) is 7.99. The third kappa shape index (κ3) is 3.79. The minimum absolute atomic E-state index is 0.460. The van der Waals surface area contributed by atoms with Gasteiger partial charge in [0.1, 0.15) is 0 Å². The Hall–Kier alpha value is -1.49. The summed E-state index contributed by atoms with van der Waals surface area (Å²) in [6, 6.07) is 8.89. The fourth-order valence-electron chi connectivity index (χ4n) is 2.84. The summed E-state index contributed by atoms with van der Waals surface area (Å²) in [5.74, 6) is 0. The zero-order valence-corrected chi connectivity index (χ0v) is 12.6. The Morgan fingerprint density at radius 2 is 2.05 bits per heavy atom. The molecule has 1 aromatic carbocycles. The van der Waals surface area contributed by atoms with E-state index in [-0.39, 0.29) is 0 Å². The van der Waals surface area contributed by atoms with Crippen LogP contribution in [0.2, 0.25) is 0 Å². The van der Waals surface area contributed by atoms with Crippen molar-refractivity contribution < 1.29 is 4.74 Å². The average molecular weight is 285 g/mol. The Morgan fingerprint density at radius 1 is 1.24 bits per heavy atom. The van der Waals surface area contributed by atoms with Crippen LogP contribution >= 0.6 is 0 Å². The van der Waals surface area contributed by atoms with Crippen molar-refractivity contribution in [3.05, 3.63) is 42.2 Å². The summed E-state index contributed by atoms with van der Waals surface area (Å²) in [6.07, 6.45) is 3.90. The van der Waals surface area contributed by atoms with Crippen LogP contribution in [0.1, 0.15) is 12.5 Å². The summed E-state index contributed by atoms with van der Waals surface area (Å²) in [5.41, 5.74) is 1.27. The van der Waals surface area contributed by atoms with Crippen LogP contribution in [0.3, 0.4) is 0 Å². The lowest BCUT2D eigenvalue weighted by molar-refractivity contribution is 0.0343. The summed E-state index contributed by atoms with van der Waals surface area (Å²) in [4.78, 5) is 6.80. The molecule has 4 nitrogen and oxygen atoms in total. The van der Waals surface area contributed by atoms with E-state index in [1.807, 2.05) is 12.4 Å². The van der Waals surface area contributed by atoms with Gasteiger partial charge in [0, 0.05) is 50.0 Å². The number of hydrogen-bond donors (Lipinski definition) is 1. The van der Waals surface area contributed by atoms with Crippen LogP contribution in [0, 0.1) is 0 Å². The molecule has 3 rings (SSSR count). The molecular formula is C17H23N3O. The van der Waals surface area contributed by atoms with Crippen LogP contribution in [-0.2, 0) is 11.3 Å². The van der Waals surface area contributed by atoms with Crippen molar-refractivity contribution in [1.29, 1.82) is 0 Å². The van der Waals surface area contributed by atoms with Crippen molar-refractivity contribution >= 4 is 10.8 Å². The molecule has 0 aliphatic carbocycles. The highest BCUT2D eigenvalue weighted by Gasteiger charge is 2.13. The number of ether oxygens (including phenoxy) is 1. The van der Waals surface area contributed by atoms with Crippen LogP contribution in [0.25, 0.3) is 10.8 Å². The first-order valence-corrected chi connectivity index (χ1v) is 7.68. The van der Waals surface area contributed by atoms with Gasteiger partial charge in [-0.2, -0.15) is 0 Å². The number of hydrogen-bond acceptors (Lipinski definition) is 4. The van der Waals surface area contributed by atoms with Crippen LogP contribution < -0.4 is 5.32 Å². The Bertz CT molecular complexity index is 576. The molecule has 1 saturated heterocycles. The molecule has 0 spiro atoms. The molecule has 1 fully saturated rings. The van der Waals surface area contributed by atoms with Crippen molar-refractivity contribution in [1.82, 2.24) is 15.2 Å². The van der Waals surface area contributed by atoms with Crippen molar-refractivity contribution in [2.24, 2.45) is 0 Å². The van der Waals surface area contributed by atoms with Crippen molar-refractivity contribution in [2.75, 3.05) is 32.8 Å². The lowest BCUT2D eigenvalue weighted by Crippen LogP contribution is -2.44. The quantitative estimate of drug-likeness (QED) is 0.912. The molecule has 1 aromatic heterocycles. The predicted octanol–water partition coefficient (Wildman–Crippen LogP) is 2.05. The number of nitrogens with zero attached hydrogens (tertiary/aromatic N) is 2. The molecule has 2 aromatic rings. The number of pyridine rings is 1. The largest absolute Gasteiger partial charge is 0.379 e. The number of aromatic nitrogens is 1. The Balaban J connectivity index is 1.58. The van der Waals surface area contributed by atoms with E-state index in [9.17, 15) is 0 Å². The second-order valence-electron chi connectivity index (χ2n) is 5.71. The van der Waals surface area contributed by atoms with E-state index in [2.05, 4.69) is 46.4 Å². The molecule has 0 amide bonds. The van der Waals surface area contributed by atoms with E-state index < -0.39 is 0 Å². The van der Waals surface area contributed by atoms with Crippen LogP contribution in [0.4, 0.5) is 0 Å². The van der Waals surface area contributed by atoms with Gasteiger partial charge in [0.05, 0.1) is 13.2 Å². The highest BCUT2D eigenvalue weighted by atomic mass is 16.5. The smallest absolute Gasteiger partial charge is 0.0594 e. The van der Waals surface area contributed by atoms with Gasteiger partial charge in [-0.15, -0.1) is 0 Å². The SMILES string of the molecule is CC(CN1CCOCC1)NCc1cncc2ccccc12. The van der Waals surface area contributed by atoms with E-state index in [0.29, 0.717) is 6.04 Å². The number of nitrogens with one attached hydrogen (secondary N) is 1. The molecule has 1 aliphatic heterocycles. The monoisotopic (exact) mass is 285 g/mol. The van der Waals surface area contributed by atoms with Crippen LogP contribution in [0.15, 0.2) is 36.7 Å². The van der Waals surface area contributed by atoms with Gasteiger partial charge in [-0.05, 0) is 17.9 Å². The molecule has 2 heterocycles. The van der Waals surface area contributed by atoms with Crippen LogP contribution in [0.5, 0.6) is 0 Å². The van der Waals surface area contributed by atoms with Gasteiger partial charge < -0.3 is 10.1 Å². The number of morpholine rings is 1. The molecule has 0 saturated carbocycles. The zero-order valence-electron chi connectivity index (χ0n) is 12.6. The van der Waals surface area contributed by atoms with E-state index >= 15 is 0 Å². The fraction of sp³-hybridized carbons (Fsp3) is 0.471. The number of fused-ring (bicyclic) bond motifs is 1. The first-order valence-electron chi connectivity index (χ1n) is 7.68. The lowest BCUT2D eigenvalue weighted by Gasteiger charge is -2.29. The summed E-state index contributed by atoms with van der Waals surface area (Å²) in [7, 11) is 0. The highest BCUT2D eigenvalue weighted by molar-refractivity contribution is 5.84. The second-order valence-corrected chi connectivity index (χ2v) is 5.71. The molecule has 1 unspecified atom stereocenters. The van der Waals surface area contributed by atoms with Crippen molar-refractivity contribution in [3.63, 3.8) is 0 Å². The van der Waals surface area contributed by atoms with Gasteiger partial charge in [-0.25, -0.2) is 0 Å². The first-order chi connectivity index (χ1) is 10.3. The van der Waals surface area contributed by atoms with E-state index in [1.165, 1.54) is 16.3 Å². The van der Waals surface area contributed by atoms with E-state index in [4.69, 9.17) is 4.74 Å². The summed E-state index contributed by atoms with van der Waals surface area (Å²) in [5, 5.41) is 6.11. The topological polar surface area (TPSA) is 37.4 Å². The van der Waals surface area contributed by atoms with Crippen molar-refractivity contribution in [2.45, 2.75) is 19.5 Å². The molecule has 1 N–H and O–H groups in total. The molecule has 112 valence electrons. The second kappa shape index (κ2) is 6.98. The summed E-state index contributed by atoms with van der Waals surface area (Å²) >= 11 is 0. The maximum absolute atomic E-state index is 5.39. The molecular weight excluding hydrogens is 262 g/mol. The average Bonchev–Trinajstić information content (AvgIpc) is 2.54. The first kappa shape index (κ1) is 14.4. The molecule has 0 radical (unpaired) electrons. The maximum atomic E-state index is 5.39. The van der Waals surface area contributed by atoms with Gasteiger partial charge in [0.15, 0.2) is 0 Å². The molecule has 4 heteroatoms. The highest BCUT2D eigenvalue weighted by Crippen LogP contribution is 2.16. The van der Waals surface area contributed by atoms with Gasteiger partial charge in [-0.3, -0.25) is 9.88 Å². The molecule has 1 atom stereocenters. The van der Waals surface area contributed by atoms with Gasteiger partial charge in [0.25, 0.3) is 0 Å². The minimum atomic E-state index is 0.460. The van der Waals surface area contributed by atoms with Crippen LogP contribution in [-0.4, -0.2) is 48.8 Å². The van der Waals surface area contributed by atoms with Gasteiger partial charge >= 0.3 is 0 Å². The number of rotatable bonds is 5. The molecule has 21 heavy (non-hydrogen) atoms. The maximum Gasteiger partial charge on any atom is 0.0594 e. The Kier molecular flexibility index (Phi) is 4.80. The third-order valence-electron chi connectivity index (χ3n) is 4.03. The molecule has 1 aliphatic rings. The van der Waals surface area contributed by atoms with Gasteiger partial charge in [-0.1, -0.05) is 24.3 Å². The number of benzene rings is 1. The van der Waals surface area contributed by atoms with Crippen molar-refractivity contribution in [3.8, 4) is 0 Å². The minimum Gasteiger partial charge on any atom is -0.379 e. The summed E-state index contributed by atoms with van der Waals surface area (Å²) < 4.78 is 5.39. The zero-order chi connectivity index (χ0) is 14.5. The Morgan fingerprint density at radius 3 is 2.90 bits per heavy atom. The molecule has 0 bridgehead atoms. The normalized spacial score (nSPS) is 18.0. The van der Waals surface area contributed by atoms with E-state index in [1.54, 1.807) is 0 Å². The standard InChI is InChI=1S/C17H23N3O/c1-14(13-20-6-8-21-9-7-20)19-12-16-11-18-10-15-4-2-3-5-17(15)16/h2-5,10-11,14,19H,6-9,12-13H2,1H3. The Labute approximate surface area is 126 Å². The lowest BCUT2D eigenvalue weighted by atomic mass is 10.1. The van der Waals surface area contributed by atoms with Gasteiger partial charge in [0.2, 0.25) is 0 Å². The predicted molar refractivity (Wildman–Crippen MR) is 85.3 cm³/mol. The third-order valence-corrected chi connectivity index (χ3v) is 4.03.